The van der Waals surface area contributed by atoms with Crippen LogP contribution in [0.5, 0.6) is 0 Å². The van der Waals surface area contributed by atoms with E-state index in [1.165, 1.54) is 17.2 Å². The molecule has 354 valence electrons. The number of phosphoric ester groups is 1. The fraction of sp³-hybridized carbons (Fsp3) is 0.667. The van der Waals surface area contributed by atoms with Gasteiger partial charge in [-0.2, -0.15) is 0 Å². The highest BCUT2D eigenvalue weighted by Crippen LogP contribution is 2.38. The molecule has 14 heteroatoms. The SMILES string of the molecule is CC/C=C\C[C@@H](O)/C=C/C=C/C=C\C=C/[C@H](O)[C@@H](O)CCCC(=O)OC[C@H](COP(=O)([O-])OCC[N+](C)(C)C)OC(=O)CCCCCCCCCCc1oc(CCC)c(C)c1C. The largest absolute Gasteiger partial charge is 0.756 e. The Morgan fingerprint density at radius 3 is 1.95 bits per heavy atom. The third-order valence-corrected chi connectivity index (χ3v) is 11.0. The average molecular weight is 894 g/mol. The molecule has 62 heavy (non-hydrogen) atoms. The van der Waals surface area contributed by atoms with Crippen LogP contribution in [0.4, 0.5) is 0 Å². The van der Waals surface area contributed by atoms with Gasteiger partial charge in [-0.05, 0) is 69.9 Å². The molecule has 13 nitrogen and oxygen atoms in total. The summed E-state index contributed by atoms with van der Waals surface area (Å²) in [5, 5.41) is 30.5. The van der Waals surface area contributed by atoms with Gasteiger partial charge in [-0.15, -0.1) is 0 Å². The molecule has 1 heterocycles. The predicted molar refractivity (Wildman–Crippen MR) is 243 cm³/mol. The highest BCUT2D eigenvalue weighted by atomic mass is 31.2. The Balaban J connectivity index is 2.48. The number of nitrogens with zero attached hydrogens (tertiary/aromatic N) is 1. The second-order valence-corrected chi connectivity index (χ2v) is 18.2. The lowest BCUT2D eigenvalue weighted by atomic mass is 10.0. The first kappa shape index (κ1) is 56.9. The molecule has 0 aliphatic heterocycles. The smallest absolute Gasteiger partial charge is 0.306 e. The van der Waals surface area contributed by atoms with Crippen molar-refractivity contribution in [2.75, 3.05) is 47.5 Å². The molecule has 0 bridgehead atoms. The number of aliphatic hydroxyl groups is 3. The van der Waals surface area contributed by atoms with Crippen molar-refractivity contribution < 1.29 is 61.8 Å². The van der Waals surface area contributed by atoms with E-state index >= 15 is 0 Å². The van der Waals surface area contributed by atoms with E-state index in [0.29, 0.717) is 23.9 Å². The number of furan rings is 1. The fourth-order valence-electron chi connectivity index (χ4n) is 6.16. The lowest BCUT2D eigenvalue weighted by molar-refractivity contribution is -0.870. The third kappa shape index (κ3) is 29.3. The van der Waals surface area contributed by atoms with Crippen LogP contribution in [0.3, 0.4) is 0 Å². The Bertz CT molecular complexity index is 1570. The zero-order valence-corrected chi connectivity index (χ0v) is 39.7. The van der Waals surface area contributed by atoms with E-state index in [1.54, 1.807) is 42.5 Å². The number of quaternary nitrogens is 1. The number of allylic oxidation sites excluding steroid dienone is 7. The first-order valence-corrected chi connectivity index (χ1v) is 24.1. The van der Waals surface area contributed by atoms with Gasteiger partial charge in [0.25, 0.3) is 7.82 Å². The topological polar surface area (TPSA) is 185 Å². The average Bonchev–Trinajstić information content (AvgIpc) is 3.47. The lowest BCUT2D eigenvalue weighted by Crippen LogP contribution is -2.37. The zero-order valence-electron chi connectivity index (χ0n) is 38.8. The number of hydrogen-bond donors (Lipinski definition) is 3. The highest BCUT2D eigenvalue weighted by Gasteiger charge is 2.22. The van der Waals surface area contributed by atoms with Gasteiger partial charge in [-0.1, -0.05) is 113 Å². The van der Waals surface area contributed by atoms with Crippen molar-refractivity contribution >= 4 is 19.8 Å². The van der Waals surface area contributed by atoms with Crippen LogP contribution in [-0.2, 0) is 45.5 Å². The Kier molecular flexibility index (Phi) is 30.6. The Labute approximate surface area is 372 Å². The van der Waals surface area contributed by atoms with Crippen molar-refractivity contribution in [3.05, 3.63) is 83.4 Å². The van der Waals surface area contributed by atoms with Crippen LogP contribution in [0.25, 0.3) is 0 Å². The van der Waals surface area contributed by atoms with Gasteiger partial charge >= 0.3 is 11.9 Å². The number of carbonyl (C=O) groups excluding carboxylic acids is 2. The van der Waals surface area contributed by atoms with Gasteiger partial charge in [0.15, 0.2) is 6.10 Å². The highest BCUT2D eigenvalue weighted by molar-refractivity contribution is 7.45. The van der Waals surface area contributed by atoms with Gasteiger partial charge in [-0.3, -0.25) is 14.2 Å². The number of hydrogen-bond acceptors (Lipinski definition) is 12. The van der Waals surface area contributed by atoms with Crippen molar-refractivity contribution in [1.29, 1.82) is 0 Å². The van der Waals surface area contributed by atoms with E-state index < -0.39 is 57.4 Å². The van der Waals surface area contributed by atoms with E-state index in [4.69, 9.17) is 22.9 Å². The first-order chi connectivity index (χ1) is 29.5. The molecule has 0 saturated carbocycles. The molecule has 0 aromatic carbocycles. The van der Waals surface area contributed by atoms with Gasteiger partial charge in [0.05, 0.1) is 46.1 Å². The number of aliphatic hydroxyl groups excluding tert-OH is 3. The molecule has 0 spiro atoms. The van der Waals surface area contributed by atoms with E-state index in [-0.39, 0.29) is 32.3 Å². The summed E-state index contributed by atoms with van der Waals surface area (Å²) >= 11 is 0. The van der Waals surface area contributed by atoms with E-state index in [9.17, 15) is 34.4 Å². The van der Waals surface area contributed by atoms with Crippen molar-refractivity contribution in [2.45, 2.75) is 161 Å². The number of rotatable bonds is 36. The number of phosphoric acid groups is 1. The van der Waals surface area contributed by atoms with Crippen LogP contribution in [-0.4, -0.2) is 104 Å². The van der Waals surface area contributed by atoms with Gasteiger partial charge < -0.3 is 47.6 Å². The van der Waals surface area contributed by atoms with Crippen molar-refractivity contribution in [3.63, 3.8) is 0 Å². The van der Waals surface area contributed by atoms with Crippen molar-refractivity contribution in [2.24, 2.45) is 0 Å². The van der Waals surface area contributed by atoms with Crippen LogP contribution in [0.1, 0.15) is 133 Å². The molecule has 1 aromatic rings. The number of unbranched alkanes of at least 4 members (excludes halogenated alkanes) is 7. The number of aryl methyl sites for hydroxylation is 2. The maximum absolute atomic E-state index is 12.8. The van der Waals surface area contributed by atoms with Crippen molar-refractivity contribution in [1.82, 2.24) is 0 Å². The molecule has 0 aliphatic carbocycles. The summed E-state index contributed by atoms with van der Waals surface area (Å²) in [6, 6.07) is 0. The summed E-state index contributed by atoms with van der Waals surface area (Å²) < 4.78 is 39.8. The first-order valence-electron chi connectivity index (χ1n) is 22.7. The van der Waals surface area contributed by atoms with Crippen LogP contribution in [0, 0.1) is 13.8 Å². The van der Waals surface area contributed by atoms with E-state index in [2.05, 4.69) is 20.8 Å². The van der Waals surface area contributed by atoms with Gasteiger partial charge in [0.2, 0.25) is 0 Å². The predicted octanol–water partition coefficient (Wildman–Crippen LogP) is 8.40. The number of carbonyl (C=O) groups is 2. The minimum Gasteiger partial charge on any atom is -0.756 e. The molecule has 1 aromatic heterocycles. The summed E-state index contributed by atoms with van der Waals surface area (Å²) in [6.45, 7) is 7.80. The fourth-order valence-corrected chi connectivity index (χ4v) is 6.89. The monoisotopic (exact) mass is 894 g/mol. The molecule has 1 unspecified atom stereocenters. The third-order valence-electron chi connectivity index (χ3n) is 10.1. The molecule has 5 atom stereocenters. The summed E-state index contributed by atoms with van der Waals surface area (Å²) in [6.07, 6.45) is 26.3. The molecule has 0 fully saturated rings. The maximum atomic E-state index is 12.8. The van der Waals surface area contributed by atoms with Crippen molar-refractivity contribution in [3.8, 4) is 0 Å². The minimum absolute atomic E-state index is 0.0890. The summed E-state index contributed by atoms with van der Waals surface area (Å²) in [7, 11) is 0.941. The van der Waals surface area contributed by atoms with Gasteiger partial charge in [0.1, 0.15) is 31.3 Å². The number of ether oxygens (including phenoxy) is 2. The minimum atomic E-state index is -4.73. The molecule has 0 saturated heterocycles. The lowest BCUT2D eigenvalue weighted by Gasteiger charge is -2.28. The maximum Gasteiger partial charge on any atom is 0.306 e. The molecule has 0 amide bonds. The second kappa shape index (κ2) is 33.4. The molecule has 0 radical (unpaired) electrons. The summed E-state index contributed by atoms with van der Waals surface area (Å²) in [4.78, 5) is 37.7. The van der Waals surface area contributed by atoms with E-state index in [1.807, 2.05) is 40.2 Å². The molecule has 0 aliphatic rings. The number of likely N-dealkylation sites (N-methyl/N-ethyl adjacent to an activating group) is 1. The van der Waals surface area contributed by atoms with Gasteiger partial charge in [-0.25, -0.2) is 0 Å². The summed E-state index contributed by atoms with van der Waals surface area (Å²) in [5.41, 5.74) is 2.58. The molecular formula is C48H80NO12P. The van der Waals surface area contributed by atoms with Crippen LogP contribution in [0.2, 0.25) is 0 Å². The Morgan fingerprint density at radius 2 is 1.32 bits per heavy atom. The van der Waals surface area contributed by atoms with E-state index in [0.717, 1.165) is 82.1 Å². The van der Waals surface area contributed by atoms with Crippen LogP contribution < -0.4 is 4.89 Å². The molecular weight excluding hydrogens is 813 g/mol. The Morgan fingerprint density at radius 1 is 0.742 bits per heavy atom. The normalized spacial score (nSPS) is 15.6. The van der Waals surface area contributed by atoms with Crippen LogP contribution in [0.15, 0.2) is 65.2 Å². The zero-order chi connectivity index (χ0) is 46.2. The molecule has 3 N–H and O–H groups in total. The standard InChI is InChI=1S/C48H80NO12P/c1-8-10-21-28-41(50)29-22-17-15-16-18-23-30-43(51)44(52)31-26-34-47(53)57-37-42(38-59-62(55,56)58-36-35-49(5,6)7)60-48(54)33-25-20-14-12-11-13-19-24-32-46-40(4)39(3)45(61-46)27-9-2/h10,15-18,21-23,29-30,41-44,50-52H,8-9,11-14,19-20,24-28,31-38H2,1-7H3/b17-15+,18-16-,21-10-,29-22+,30-23-/t41-,42-,43+,44+/m1/s1. The molecule has 1 rings (SSSR count). The van der Waals surface area contributed by atoms with Gasteiger partial charge in [0, 0.05) is 25.7 Å². The quantitative estimate of drug-likeness (QED) is 0.0146. The Hall–Kier alpha value is -3.13. The summed E-state index contributed by atoms with van der Waals surface area (Å²) in [5.74, 6) is 1.05. The van der Waals surface area contributed by atoms with Crippen LogP contribution >= 0.6 is 7.82 Å². The second-order valence-electron chi connectivity index (χ2n) is 16.8. The number of esters is 2.